The Kier molecular flexibility index (Phi) is 8.43. The van der Waals surface area contributed by atoms with Crippen LogP contribution in [0.1, 0.15) is 51.5 Å². The first-order valence-electron chi connectivity index (χ1n) is 7.78. The zero-order valence-corrected chi connectivity index (χ0v) is 13.1. The topological polar surface area (TPSA) is 64.4 Å². The van der Waals surface area contributed by atoms with Crippen LogP contribution in [-0.4, -0.2) is 18.1 Å². The quantitative estimate of drug-likeness (QED) is 0.370. The molecule has 5 nitrogen and oxygen atoms in total. The monoisotopic (exact) mass is 294 g/mol. The fraction of sp³-hybridized carbons (Fsp3) is 0.625. The van der Waals surface area contributed by atoms with Crippen LogP contribution < -0.4 is 5.32 Å². The maximum absolute atomic E-state index is 11.1. The summed E-state index contributed by atoms with van der Waals surface area (Å²) in [4.78, 5) is 10.8. The maximum Gasteiger partial charge on any atom is 0.292 e. The van der Waals surface area contributed by atoms with Gasteiger partial charge in [-0.2, -0.15) is 0 Å². The van der Waals surface area contributed by atoms with E-state index in [0.717, 1.165) is 24.9 Å². The summed E-state index contributed by atoms with van der Waals surface area (Å²) in [5, 5.41) is 14.2. The minimum atomic E-state index is -0.345. The second-order valence-electron chi connectivity index (χ2n) is 5.15. The summed E-state index contributed by atoms with van der Waals surface area (Å²) >= 11 is 0. The molecular weight excluding hydrogens is 268 g/mol. The first-order valence-corrected chi connectivity index (χ1v) is 7.78. The van der Waals surface area contributed by atoms with Gasteiger partial charge in [0.25, 0.3) is 5.69 Å². The number of nitrogens with zero attached hydrogens (tertiary/aromatic N) is 1. The Bertz CT molecular complexity index is 436. The van der Waals surface area contributed by atoms with Crippen molar-refractivity contribution in [1.82, 2.24) is 0 Å². The van der Waals surface area contributed by atoms with E-state index in [1.165, 1.54) is 19.3 Å². The fourth-order valence-electron chi connectivity index (χ4n) is 2.05. The van der Waals surface area contributed by atoms with Gasteiger partial charge in [-0.05, 0) is 24.5 Å². The number of nitro benzene ring substituents is 1. The number of rotatable bonds is 11. The number of nitro groups is 1. The lowest BCUT2D eigenvalue weighted by Gasteiger charge is -2.08. The molecule has 0 spiro atoms. The molecule has 0 aliphatic carbocycles. The first kappa shape index (κ1) is 17.4. The van der Waals surface area contributed by atoms with Crippen LogP contribution in [0.2, 0.25) is 0 Å². The van der Waals surface area contributed by atoms with E-state index in [1.54, 1.807) is 12.1 Å². The van der Waals surface area contributed by atoms with Gasteiger partial charge in [0.15, 0.2) is 0 Å². The predicted octanol–water partition coefficient (Wildman–Crippen LogP) is 4.51. The molecule has 0 aliphatic rings. The number of nitrogens with one attached hydrogen (secondary N) is 1. The number of unbranched alkanes of at least 4 members (excludes halogenated alkanes) is 3. The average Bonchev–Trinajstić information content (AvgIpc) is 2.49. The van der Waals surface area contributed by atoms with Gasteiger partial charge >= 0.3 is 0 Å². The lowest BCUT2D eigenvalue weighted by atomic mass is 10.1. The normalized spacial score (nSPS) is 10.6. The number of ether oxygens (including phenoxy) is 1. The van der Waals surface area contributed by atoms with E-state index in [4.69, 9.17) is 4.74 Å². The highest BCUT2D eigenvalue weighted by Gasteiger charge is 2.14. The second-order valence-corrected chi connectivity index (χ2v) is 5.15. The van der Waals surface area contributed by atoms with Crippen molar-refractivity contribution in [3.8, 4) is 0 Å². The summed E-state index contributed by atoms with van der Waals surface area (Å²) in [6, 6.07) is 5.25. The fourth-order valence-corrected chi connectivity index (χ4v) is 2.05. The van der Waals surface area contributed by atoms with Crippen LogP contribution in [0, 0.1) is 10.1 Å². The summed E-state index contributed by atoms with van der Waals surface area (Å²) in [5.41, 5.74) is 1.54. The Labute approximate surface area is 126 Å². The van der Waals surface area contributed by atoms with Gasteiger partial charge in [-0.3, -0.25) is 10.1 Å². The molecule has 1 aromatic rings. The highest BCUT2D eigenvalue weighted by atomic mass is 16.6. The third kappa shape index (κ3) is 6.58. The predicted molar refractivity (Wildman–Crippen MR) is 85.7 cm³/mol. The zero-order chi connectivity index (χ0) is 15.5. The molecule has 1 rings (SSSR count). The summed E-state index contributed by atoms with van der Waals surface area (Å²) in [6.45, 7) is 6.08. The van der Waals surface area contributed by atoms with E-state index in [2.05, 4.69) is 12.2 Å². The molecule has 0 fully saturated rings. The summed E-state index contributed by atoms with van der Waals surface area (Å²) in [5.74, 6) is 0. The van der Waals surface area contributed by atoms with Gasteiger partial charge in [-0.25, -0.2) is 0 Å². The van der Waals surface area contributed by atoms with Crippen LogP contribution in [0.5, 0.6) is 0 Å². The van der Waals surface area contributed by atoms with Crippen molar-refractivity contribution in [2.75, 3.05) is 18.5 Å². The van der Waals surface area contributed by atoms with Gasteiger partial charge in [-0.15, -0.1) is 0 Å². The van der Waals surface area contributed by atoms with Crippen molar-refractivity contribution in [1.29, 1.82) is 0 Å². The molecule has 0 unspecified atom stereocenters. The Hall–Kier alpha value is -1.62. The molecule has 0 radical (unpaired) electrons. The first-order chi connectivity index (χ1) is 10.2. The smallest absolute Gasteiger partial charge is 0.292 e. The molecule has 0 atom stereocenters. The highest BCUT2D eigenvalue weighted by Crippen LogP contribution is 2.25. The third-order valence-corrected chi connectivity index (χ3v) is 3.24. The molecule has 0 bridgehead atoms. The highest BCUT2D eigenvalue weighted by molar-refractivity contribution is 5.62. The molecule has 5 heteroatoms. The van der Waals surface area contributed by atoms with Crippen LogP contribution in [-0.2, 0) is 11.3 Å². The van der Waals surface area contributed by atoms with E-state index in [9.17, 15) is 10.1 Å². The van der Waals surface area contributed by atoms with Gasteiger partial charge in [0.05, 0.1) is 11.5 Å². The number of anilines is 1. The van der Waals surface area contributed by atoms with Crippen LogP contribution >= 0.6 is 0 Å². The molecule has 118 valence electrons. The largest absolute Gasteiger partial charge is 0.380 e. The maximum atomic E-state index is 11.1. The number of hydrogen-bond donors (Lipinski definition) is 1. The molecule has 0 saturated heterocycles. The van der Waals surface area contributed by atoms with Gasteiger partial charge in [0.2, 0.25) is 0 Å². The molecule has 21 heavy (non-hydrogen) atoms. The Morgan fingerprint density at radius 2 is 2.00 bits per heavy atom. The van der Waals surface area contributed by atoms with Crippen LogP contribution in [0.25, 0.3) is 0 Å². The van der Waals surface area contributed by atoms with Gasteiger partial charge in [-0.1, -0.05) is 39.2 Å². The van der Waals surface area contributed by atoms with E-state index in [1.807, 2.05) is 13.0 Å². The molecule has 0 amide bonds. The Balaban J connectivity index is 2.51. The second kappa shape index (κ2) is 10.2. The van der Waals surface area contributed by atoms with Gasteiger partial charge in [0.1, 0.15) is 5.69 Å². The molecule has 0 saturated carbocycles. The summed E-state index contributed by atoms with van der Waals surface area (Å²) in [6.07, 6.45) is 5.59. The van der Waals surface area contributed by atoms with Crippen molar-refractivity contribution in [2.45, 2.75) is 52.6 Å². The van der Waals surface area contributed by atoms with Crippen molar-refractivity contribution in [3.05, 3.63) is 33.9 Å². The molecule has 1 aromatic carbocycles. The van der Waals surface area contributed by atoms with Gasteiger partial charge < -0.3 is 10.1 Å². The number of benzene rings is 1. The Morgan fingerprint density at radius 1 is 1.19 bits per heavy atom. The SMILES string of the molecule is CCCCCCOCc1ccc(NCCC)c([N+](=O)[O-])c1. The van der Waals surface area contributed by atoms with Crippen molar-refractivity contribution >= 4 is 11.4 Å². The van der Waals surface area contributed by atoms with E-state index in [0.29, 0.717) is 18.9 Å². The summed E-state index contributed by atoms with van der Waals surface area (Å²) in [7, 11) is 0. The molecule has 0 aromatic heterocycles. The molecular formula is C16H26N2O3. The van der Waals surface area contributed by atoms with Gasteiger partial charge in [0, 0.05) is 19.2 Å². The Morgan fingerprint density at radius 3 is 2.67 bits per heavy atom. The lowest BCUT2D eigenvalue weighted by Crippen LogP contribution is -2.04. The third-order valence-electron chi connectivity index (χ3n) is 3.24. The van der Waals surface area contributed by atoms with Crippen molar-refractivity contribution in [3.63, 3.8) is 0 Å². The van der Waals surface area contributed by atoms with E-state index >= 15 is 0 Å². The molecule has 0 heterocycles. The minimum absolute atomic E-state index is 0.121. The molecule has 0 aliphatic heterocycles. The van der Waals surface area contributed by atoms with Crippen molar-refractivity contribution < 1.29 is 9.66 Å². The zero-order valence-electron chi connectivity index (χ0n) is 13.1. The average molecular weight is 294 g/mol. The van der Waals surface area contributed by atoms with Crippen LogP contribution in [0.15, 0.2) is 18.2 Å². The van der Waals surface area contributed by atoms with Crippen LogP contribution in [0.3, 0.4) is 0 Å². The minimum Gasteiger partial charge on any atom is -0.380 e. The van der Waals surface area contributed by atoms with E-state index in [-0.39, 0.29) is 10.6 Å². The van der Waals surface area contributed by atoms with Crippen molar-refractivity contribution in [2.24, 2.45) is 0 Å². The standard InChI is InChI=1S/C16H26N2O3/c1-3-5-6-7-11-21-13-14-8-9-15(17-10-4-2)16(12-14)18(19)20/h8-9,12,17H,3-7,10-11,13H2,1-2H3. The summed E-state index contributed by atoms with van der Waals surface area (Å²) < 4.78 is 5.58. The lowest BCUT2D eigenvalue weighted by molar-refractivity contribution is -0.384. The van der Waals surface area contributed by atoms with Crippen LogP contribution in [0.4, 0.5) is 11.4 Å². The molecule has 1 N–H and O–H groups in total. The number of hydrogen-bond acceptors (Lipinski definition) is 4. The van der Waals surface area contributed by atoms with E-state index < -0.39 is 0 Å².